The van der Waals surface area contributed by atoms with Crippen molar-refractivity contribution in [2.24, 2.45) is 10.8 Å². The number of aliphatic imine (C=N–C) groups is 1. The number of hydrogen-bond acceptors (Lipinski definition) is 3. The van der Waals surface area contributed by atoms with Crippen LogP contribution in [-0.4, -0.2) is 43.7 Å². The van der Waals surface area contributed by atoms with Crippen LogP contribution < -0.4 is 11.3 Å². The third kappa shape index (κ3) is 2.32. The van der Waals surface area contributed by atoms with E-state index in [0.717, 1.165) is 32.1 Å². The van der Waals surface area contributed by atoms with Crippen LogP contribution in [0.25, 0.3) is 0 Å². The fraction of sp³-hybridized carbons (Fsp3) is 0.875. The smallest absolute Gasteiger partial charge is 0.208 e. The van der Waals surface area contributed by atoms with E-state index in [4.69, 9.17) is 10.6 Å². The van der Waals surface area contributed by atoms with E-state index in [2.05, 4.69) is 22.2 Å². The first-order chi connectivity index (χ1) is 6.33. The Morgan fingerprint density at radius 1 is 1.77 bits per heavy atom. The standard InChI is InChI=1S/C8H18N4O/c1-3-7-6-13-5-4-12(7)8(10-2)11-9/h7H,3-6,9H2,1-2H3,(H,10,11). The third-order valence-electron chi connectivity index (χ3n) is 2.31. The molecule has 1 unspecified atom stereocenters. The van der Waals surface area contributed by atoms with Crippen molar-refractivity contribution in [3.8, 4) is 0 Å². The maximum Gasteiger partial charge on any atom is 0.208 e. The molecule has 0 aliphatic carbocycles. The summed E-state index contributed by atoms with van der Waals surface area (Å²) in [5, 5.41) is 0. The van der Waals surface area contributed by atoms with E-state index < -0.39 is 0 Å². The zero-order valence-corrected chi connectivity index (χ0v) is 8.29. The second-order valence-corrected chi connectivity index (χ2v) is 3.02. The first-order valence-electron chi connectivity index (χ1n) is 4.61. The Hall–Kier alpha value is -0.810. The summed E-state index contributed by atoms with van der Waals surface area (Å²) in [7, 11) is 1.73. The van der Waals surface area contributed by atoms with Crippen LogP contribution in [0, 0.1) is 0 Å². The second kappa shape index (κ2) is 5.04. The molecule has 0 radical (unpaired) electrons. The number of nitrogens with one attached hydrogen (secondary N) is 1. The largest absolute Gasteiger partial charge is 0.377 e. The van der Waals surface area contributed by atoms with Crippen LogP contribution in [0.5, 0.6) is 0 Å². The zero-order chi connectivity index (χ0) is 9.68. The number of hydrazine groups is 1. The van der Waals surface area contributed by atoms with Crippen molar-refractivity contribution in [3.05, 3.63) is 0 Å². The van der Waals surface area contributed by atoms with Gasteiger partial charge in [0.25, 0.3) is 0 Å². The van der Waals surface area contributed by atoms with Gasteiger partial charge in [0, 0.05) is 13.6 Å². The maximum absolute atomic E-state index is 5.38. The van der Waals surface area contributed by atoms with Crippen LogP contribution in [0.15, 0.2) is 4.99 Å². The van der Waals surface area contributed by atoms with Crippen molar-refractivity contribution in [1.82, 2.24) is 10.3 Å². The van der Waals surface area contributed by atoms with Crippen LogP contribution in [0.4, 0.5) is 0 Å². The minimum absolute atomic E-state index is 0.392. The van der Waals surface area contributed by atoms with Crippen molar-refractivity contribution < 1.29 is 4.74 Å². The second-order valence-electron chi connectivity index (χ2n) is 3.02. The van der Waals surface area contributed by atoms with E-state index in [9.17, 15) is 0 Å². The van der Waals surface area contributed by atoms with Gasteiger partial charge in [-0.3, -0.25) is 10.4 Å². The average Bonchev–Trinajstić information content (AvgIpc) is 2.20. The summed E-state index contributed by atoms with van der Waals surface area (Å²) in [6.07, 6.45) is 1.04. The monoisotopic (exact) mass is 186 g/mol. The Bertz CT molecular complexity index is 183. The highest BCUT2D eigenvalue weighted by atomic mass is 16.5. The summed E-state index contributed by atoms with van der Waals surface area (Å²) in [6, 6.07) is 0.392. The minimum atomic E-state index is 0.392. The normalized spacial score (nSPS) is 24.7. The molecule has 1 saturated heterocycles. The van der Waals surface area contributed by atoms with Gasteiger partial charge in [0.15, 0.2) is 0 Å². The van der Waals surface area contributed by atoms with Gasteiger partial charge >= 0.3 is 0 Å². The highest BCUT2D eigenvalue weighted by Gasteiger charge is 2.23. The molecule has 1 heterocycles. The number of nitrogens with two attached hydrogens (primary N) is 1. The van der Waals surface area contributed by atoms with Gasteiger partial charge in [-0.15, -0.1) is 0 Å². The van der Waals surface area contributed by atoms with Gasteiger partial charge in [-0.25, -0.2) is 5.84 Å². The zero-order valence-electron chi connectivity index (χ0n) is 8.29. The molecular formula is C8H18N4O. The lowest BCUT2D eigenvalue weighted by molar-refractivity contribution is 0.0235. The lowest BCUT2D eigenvalue weighted by Gasteiger charge is -2.36. The average molecular weight is 186 g/mol. The highest BCUT2D eigenvalue weighted by Crippen LogP contribution is 2.09. The van der Waals surface area contributed by atoms with Gasteiger partial charge in [0.05, 0.1) is 19.3 Å². The summed E-state index contributed by atoms with van der Waals surface area (Å²) in [5.74, 6) is 6.11. The van der Waals surface area contributed by atoms with Crippen molar-refractivity contribution in [3.63, 3.8) is 0 Å². The molecule has 76 valence electrons. The Labute approximate surface area is 78.9 Å². The van der Waals surface area contributed by atoms with Crippen molar-refractivity contribution in [1.29, 1.82) is 0 Å². The van der Waals surface area contributed by atoms with Gasteiger partial charge in [-0.05, 0) is 6.42 Å². The summed E-state index contributed by atoms with van der Waals surface area (Å²) in [4.78, 5) is 6.24. The predicted octanol–water partition coefficient (Wildman–Crippen LogP) is -0.454. The molecule has 3 N–H and O–H groups in total. The molecule has 1 aliphatic rings. The first-order valence-corrected chi connectivity index (χ1v) is 4.61. The van der Waals surface area contributed by atoms with Gasteiger partial charge in [0.2, 0.25) is 5.96 Å². The van der Waals surface area contributed by atoms with E-state index in [-0.39, 0.29) is 0 Å². The molecule has 0 saturated carbocycles. The summed E-state index contributed by atoms with van der Waals surface area (Å²) in [5.41, 5.74) is 2.61. The molecule has 0 spiro atoms. The van der Waals surface area contributed by atoms with Crippen LogP contribution in [0.3, 0.4) is 0 Å². The van der Waals surface area contributed by atoms with Crippen LogP contribution >= 0.6 is 0 Å². The van der Waals surface area contributed by atoms with Crippen LogP contribution in [-0.2, 0) is 4.74 Å². The number of ether oxygens (including phenoxy) is 1. The number of hydrogen-bond donors (Lipinski definition) is 2. The number of nitrogens with zero attached hydrogens (tertiary/aromatic N) is 2. The summed E-state index contributed by atoms with van der Waals surface area (Å²) in [6.45, 7) is 4.50. The molecule has 1 aliphatic heterocycles. The molecular weight excluding hydrogens is 168 g/mol. The molecule has 0 amide bonds. The van der Waals surface area contributed by atoms with Gasteiger partial charge < -0.3 is 9.64 Å². The highest BCUT2D eigenvalue weighted by molar-refractivity contribution is 5.79. The first kappa shape index (κ1) is 10.3. The topological polar surface area (TPSA) is 62.9 Å². The molecule has 5 nitrogen and oxygen atoms in total. The number of guanidine groups is 1. The van der Waals surface area contributed by atoms with E-state index in [1.165, 1.54) is 0 Å². The lowest BCUT2D eigenvalue weighted by atomic mass is 10.2. The van der Waals surface area contributed by atoms with E-state index in [0.29, 0.717) is 6.04 Å². The molecule has 13 heavy (non-hydrogen) atoms. The van der Waals surface area contributed by atoms with Gasteiger partial charge in [0.1, 0.15) is 0 Å². The van der Waals surface area contributed by atoms with Crippen molar-refractivity contribution in [2.75, 3.05) is 26.8 Å². The van der Waals surface area contributed by atoms with Gasteiger partial charge in [-0.2, -0.15) is 0 Å². The van der Waals surface area contributed by atoms with Crippen LogP contribution in [0.2, 0.25) is 0 Å². The SMILES string of the molecule is CCC1COCCN1C(=NC)NN. The van der Waals surface area contributed by atoms with E-state index >= 15 is 0 Å². The molecule has 1 rings (SSSR count). The van der Waals surface area contributed by atoms with Crippen molar-refractivity contribution >= 4 is 5.96 Å². The molecule has 0 aromatic carbocycles. The number of morpholine rings is 1. The van der Waals surface area contributed by atoms with Crippen molar-refractivity contribution in [2.45, 2.75) is 19.4 Å². The molecule has 1 fully saturated rings. The predicted molar refractivity (Wildman–Crippen MR) is 52.3 cm³/mol. The third-order valence-corrected chi connectivity index (χ3v) is 2.31. The quantitative estimate of drug-likeness (QED) is 0.252. The van der Waals surface area contributed by atoms with E-state index in [1.54, 1.807) is 7.05 Å². The lowest BCUT2D eigenvalue weighted by Crippen LogP contribution is -2.54. The Balaban J connectivity index is 2.63. The molecule has 5 heteroatoms. The number of rotatable bonds is 1. The Kier molecular flexibility index (Phi) is 3.98. The van der Waals surface area contributed by atoms with Crippen LogP contribution in [0.1, 0.15) is 13.3 Å². The molecule has 1 atom stereocenters. The molecule has 0 aromatic heterocycles. The summed E-state index contributed by atoms with van der Waals surface area (Å²) < 4.78 is 5.38. The molecule has 0 aromatic rings. The molecule has 0 bridgehead atoms. The fourth-order valence-corrected chi connectivity index (χ4v) is 1.55. The Morgan fingerprint density at radius 2 is 2.54 bits per heavy atom. The van der Waals surface area contributed by atoms with Gasteiger partial charge in [-0.1, -0.05) is 6.92 Å². The Morgan fingerprint density at radius 3 is 3.08 bits per heavy atom. The van der Waals surface area contributed by atoms with E-state index in [1.807, 2.05) is 0 Å². The fourth-order valence-electron chi connectivity index (χ4n) is 1.55. The summed E-state index contributed by atoms with van der Waals surface area (Å²) >= 11 is 0. The maximum atomic E-state index is 5.38. The minimum Gasteiger partial charge on any atom is -0.377 e.